The van der Waals surface area contributed by atoms with Crippen LogP contribution in [0, 0.1) is 11.8 Å². The molecule has 2 rings (SSSR count). The third kappa shape index (κ3) is 4.43. The molecule has 6 heteroatoms. The number of carbonyl (C=O) groups is 1. The number of carbonyl (C=O) groups excluding carboxylic acids is 1. The van der Waals surface area contributed by atoms with Crippen LogP contribution in [0.1, 0.15) is 42.1 Å². The summed E-state index contributed by atoms with van der Waals surface area (Å²) in [5, 5.41) is 2.99. The summed E-state index contributed by atoms with van der Waals surface area (Å²) in [4.78, 5) is 17.4. The molecule has 1 fully saturated rings. The summed E-state index contributed by atoms with van der Waals surface area (Å²) in [6.07, 6.45) is 2.86. The summed E-state index contributed by atoms with van der Waals surface area (Å²) < 4.78 is 5.76. The van der Waals surface area contributed by atoms with Gasteiger partial charge in [-0.1, -0.05) is 25.4 Å². The van der Waals surface area contributed by atoms with Gasteiger partial charge in [0.15, 0.2) is 4.47 Å². The Morgan fingerprint density at radius 3 is 2.85 bits per heavy atom. The predicted molar refractivity (Wildman–Crippen MR) is 81.5 cm³/mol. The Morgan fingerprint density at radius 1 is 1.50 bits per heavy atom. The van der Waals surface area contributed by atoms with Crippen molar-refractivity contribution in [2.45, 2.75) is 33.1 Å². The number of ether oxygens (including phenoxy) is 1. The van der Waals surface area contributed by atoms with Crippen LogP contribution in [0.4, 0.5) is 0 Å². The quantitative estimate of drug-likeness (QED) is 0.908. The Balaban J connectivity index is 1.94. The van der Waals surface area contributed by atoms with Crippen LogP contribution in [0.15, 0.2) is 0 Å². The molecule has 1 saturated heterocycles. The normalized spacial score (nSPS) is 16.6. The van der Waals surface area contributed by atoms with Gasteiger partial charge in [0, 0.05) is 24.6 Å². The molecule has 0 radical (unpaired) electrons. The van der Waals surface area contributed by atoms with E-state index in [0.717, 1.165) is 37.4 Å². The maximum Gasteiger partial charge on any atom is 0.271 e. The fraction of sp³-hybridized carbons (Fsp3) is 0.714. The van der Waals surface area contributed by atoms with Gasteiger partial charge >= 0.3 is 0 Å². The van der Waals surface area contributed by atoms with Crippen molar-refractivity contribution in [1.82, 2.24) is 10.3 Å². The standard InChI is InChI=1S/C14H21ClN2O2S/c1-9(2)7-11-12(17-14(15)20-11)13(18)16-8-10-3-5-19-6-4-10/h9-10H,3-8H2,1-2H3,(H,16,18). The van der Waals surface area contributed by atoms with Crippen LogP contribution in [0.2, 0.25) is 4.47 Å². The molecule has 112 valence electrons. The number of amides is 1. The number of halogens is 1. The van der Waals surface area contributed by atoms with Gasteiger partial charge in [-0.25, -0.2) is 4.98 Å². The summed E-state index contributed by atoms with van der Waals surface area (Å²) in [7, 11) is 0. The minimum absolute atomic E-state index is 0.102. The molecule has 1 aromatic heterocycles. The fourth-order valence-corrected chi connectivity index (χ4v) is 3.64. The van der Waals surface area contributed by atoms with Gasteiger partial charge in [0.05, 0.1) is 0 Å². The lowest BCUT2D eigenvalue weighted by atomic mass is 10.0. The maximum atomic E-state index is 12.2. The lowest BCUT2D eigenvalue weighted by molar-refractivity contribution is 0.0642. The highest BCUT2D eigenvalue weighted by molar-refractivity contribution is 7.16. The first-order chi connectivity index (χ1) is 9.56. The minimum atomic E-state index is -0.102. The average molecular weight is 317 g/mol. The molecule has 4 nitrogen and oxygen atoms in total. The summed E-state index contributed by atoms with van der Waals surface area (Å²) >= 11 is 7.36. The van der Waals surface area contributed by atoms with E-state index in [1.54, 1.807) is 0 Å². The van der Waals surface area contributed by atoms with Gasteiger partial charge in [-0.05, 0) is 31.1 Å². The van der Waals surface area contributed by atoms with E-state index in [-0.39, 0.29) is 5.91 Å². The SMILES string of the molecule is CC(C)Cc1sc(Cl)nc1C(=O)NCC1CCOCC1. The van der Waals surface area contributed by atoms with Gasteiger partial charge in [-0.15, -0.1) is 11.3 Å². The number of thiazole rings is 1. The predicted octanol–water partition coefficient (Wildman–Crippen LogP) is 3.15. The molecule has 0 atom stereocenters. The van der Waals surface area contributed by atoms with E-state index < -0.39 is 0 Å². The van der Waals surface area contributed by atoms with E-state index >= 15 is 0 Å². The number of aromatic nitrogens is 1. The van der Waals surface area contributed by atoms with Crippen LogP contribution in [0.5, 0.6) is 0 Å². The van der Waals surface area contributed by atoms with Gasteiger partial charge in [0.2, 0.25) is 0 Å². The highest BCUT2D eigenvalue weighted by atomic mass is 35.5. The van der Waals surface area contributed by atoms with Crippen LogP contribution < -0.4 is 5.32 Å². The summed E-state index contributed by atoms with van der Waals surface area (Å²) in [6, 6.07) is 0. The zero-order chi connectivity index (χ0) is 14.5. The molecule has 0 unspecified atom stereocenters. The Labute approximate surface area is 128 Å². The van der Waals surface area contributed by atoms with Crippen molar-refractivity contribution in [3.05, 3.63) is 15.0 Å². The number of nitrogens with one attached hydrogen (secondary N) is 1. The topological polar surface area (TPSA) is 51.2 Å². The van der Waals surface area contributed by atoms with Crippen molar-refractivity contribution in [3.63, 3.8) is 0 Å². The number of rotatable bonds is 5. The molecule has 20 heavy (non-hydrogen) atoms. The number of nitrogens with zero attached hydrogens (tertiary/aromatic N) is 1. The van der Waals surface area contributed by atoms with Gasteiger partial charge in [-0.2, -0.15) is 0 Å². The van der Waals surface area contributed by atoms with Crippen molar-refractivity contribution >= 4 is 28.8 Å². The lowest BCUT2D eigenvalue weighted by Crippen LogP contribution is -2.32. The summed E-state index contributed by atoms with van der Waals surface area (Å²) in [6.45, 7) is 6.52. The van der Waals surface area contributed by atoms with Crippen molar-refractivity contribution < 1.29 is 9.53 Å². The first-order valence-electron chi connectivity index (χ1n) is 7.07. The second-order valence-electron chi connectivity index (χ2n) is 5.60. The van der Waals surface area contributed by atoms with E-state index in [2.05, 4.69) is 24.1 Å². The Bertz CT molecular complexity index is 456. The third-order valence-electron chi connectivity index (χ3n) is 3.37. The molecule has 1 N–H and O–H groups in total. The van der Waals surface area contributed by atoms with E-state index in [9.17, 15) is 4.79 Å². The maximum absolute atomic E-state index is 12.2. The van der Waals surface area contributed by atoms with Gasteiger partial charge in [0.25, 0.3) is 5.91 Å². The Morgan fingerprint density at radius 2 is 2.20 bits per heavy atom. The molecular formula is C14H21ClN2O2S. The molecule has 0 saturated carbocycles. The smallest absolute Gasteiger partial charge is 0.271 e. The zero-order valence-electron chi connectivity index (χ0n) is 11.9. The van der Waals surface area contributed by atoms with Crippen LogP contribution in [0.3, 0.4) is 0 Å². The molecule has 1 aliphatic rings. The number of hydrogen-bond acceptors (Lipinski definition) is 4. The molecule has 0 bridgehead atoms. The lowest BCUT2D eigenvalue weighted by Gasteiger charge is -2.22. The van der Waals surface area contributed by atoms with Gasteiger partial charge in [0.1, 0.15) is 5.69 Å². The van der Waals surface area contributed by atoms with Crippen LogP contribution in [-0.2, 0) is 11.2 Å². The minimum Gasteiger partial charge on any atom is -0.381 e. The van der Waals surface area contributed by atoms with Crippen molar-refractivity contribution in [3.8, 4) is 0 Å². The Kier molecular flexibility index (Phi) is 5.81. The zero-order valence-corrected chi connectivity index (χ0v) is 13.5. The molecule has 2 heterocycles. The average Bonchev–Trinajstić information content (AvgIpc) is 2.77. The third-order valence-corrected chi connectivity index (χ3v) is 4.55. The molecule has 1 aromatic rings. The largest absolute Gasteiger partial charge is 0.381 e. The molecule has 1 amide bonds. The first kappa shape index (κ1) is 15.7. The molecule has 0 aromatic carbocycles. The molecular weight excluding hydrogens is 296 g/mol. The monoisotopic (exact) mass is 316 g/mol. The van der Waals surface area contributed by atoms with Crippen LogP contribution >= 0.6 is 22.9 Å². The fourth-order valence-electron chi connectivity index (χ4n) is 2.28. The number of hydrogen-bond donors (Lipinski definition) is 1. The molecule has 0 aliphatic carbocycles. The first-order valence-corrected chi connectivity index (χ1v) is 8.27. The van der Waals surface area contributed by atoms with E-state index in [1.165, 1.54) is 11.3 Å². The van der Waals surface area contributed by atoms with Crippen molar-refractivity contribution in [2.75, 3.05) is 19.8 Å². The van der Waals surface area contributed by atoms with Crippen LogP contribution in [-0.4, -0.2) is 30.6 Å². The summed E-state index contributed by atoms with van der Waals surface area (Å²) in [5.41, 5.74) is 0.501. The summed E-state index contributed by atoms with van der Waals surface area (Å²) in [5.74, 6) is 0.888. The highest BCUT2D eigenvalue weighted by Gasteiger charge is 2.20. The van der Waals surface area contributed by atoms with E-state index in [1.807, 2.05) is 0 Å². The van der Waals surface area contributed by atoms with E-state index in [4.69, 9.17) is 16.3 Å². The van der Waals surface area contributed by atoms with Crippen molar-refractivity contribution in [2.24, 2.45) is 11.8 Å². The van der Waals surface area contributed by atoms with Crippen LogP contribution in [0.25, 0.3) is 0 Å². The van der Waals surface area contributed by atoms with Gasteiger partial charge < -0.3 is 10.1 Å². The molecule has 0 spiro atoms. The van der Waals surface area contributed by atoms with E-state index in [0.29, 0.717) is 28.5 Å². The van der Waals surface area contributed by atoms with Crippen molar-refractivity contribution in [1.29, 1.82) is 0 Å². The highest BCUT2D eigenvalue weighted by Crippen LogP contribution is 2.25. The Hall–Kier alpha value is -0.650. The second-order valence-corrected chi connectivity index (χ2v) is 7.27. The molecule has 1 aliphatic heterocycles. The van der Waals surface area contributed by atoms with Gasteiger partial charge in [-0.3, -0.25) is 4.79 Å². The second kappa shape index (κ2) is 7.38.